The second-order valence-electron chi connectivity index (χ2n) is 15.9. The maximum atomic E-state index is 12.3. The molecule has 4 rings (SSSR count). The third-order valence-corrected chi connectivity index (χ3v) is 12.3. The SMILES string of the molecule is CC(C)(C)C1CN(CCCCCC(=O)OCCCCCNC(=O)CCCC[C@H]2SC[C@@H]3NC(=O)N[C@@H]32)NN1C1CCCCCCCCC1. The molecule has 0 aromatic heterocycles. The molecule has 4 N–H and O–H groups in total. The molecule has 3 aliphatic heterocycles. The summed E-state index contributed by atoms with van der Waals surface area (Å²) in [5.41, 5.74) is 4.05. The van der Waals surface area contributed by atoms with Gasteiger partial charge in [-0.25, -0.2) is 14.8 Å². The van der Waals surface area contributed by atoms with E-state index in [0.29, 0.717) is 43.3 Å². The van der Waals surface area contributed by atoms with Crippen molar-refractivity contribution in [3.05, 3.63) is 0 Å². The summed E-state index contributed by atoms with van der Waals surface area (Å²) < 4.78 is 5.47. The number of unbranched alkanes of at least 4 members (excludes halogenated alkanes) is 5. The molecule has 3 saturated heterocycles. The van der Waals surface area contributed by atoms with Gasteiger partial charge in [0.1, 0.15) is 0 Å². The standard InChI is InChI=1S/C37H68N6O4S/c1-37(2,3)32-27-42(41-43(32)29-19-11-7-5-4-6-8-12-20-29)25-17-9-13-23-34(45)47-26-18-10-16-24-38-33(44)22-15-14-21-31-35-30(28-48-31)39-36(46)40-35/h29-32,35,41H,4-28H2,1-3H3,(H,38,44)(H2,39,40,46)/t30-,31+,32?,35-/m0/s1. The highest BCUT2D eigenvalue weighted by molar-refractivity contribution is 8.00. The van der Waals surface area contributed by atoms with E-state index in [9.17, 15) is 14.4 Å². The molecule has 0 spiro atoms. The van der Waals surface area contributed by atoms with Gasteiger partial charge in [0, 0.05) is 55.6 Å². The van der Waals surface area contributed by atoms with Crippen molar-refractivity contribution in [3.63, 3.8) is 0 Å². The maximum Gasteiger partial charge on any atom is 0.315 e. The van der Waals surface area contributed by atoms with Crippen LogP contribution in [-0.2, 0) is 14.3 Å². The molecule has 1 unspecified atom stereocenters. The summed E-state index contributed by atoms with van der Waals surface area (Å²) in [6.45, 7) is 10.4. The van der Waals surface area contributed by atoms with Crippen molar-refractivity contribution in [1.29, 1.82) is 0 Å². The Morgan fingerprint density at radius 2 is 1.58 bits per heavy atom. The van der Waals surface area contributed by atoms with Crippen molar-refractivity contribution < 1.29 is 19.1 Å². The van der Waals surface area contributed by atoms with Crippen LogP contribution >= 0.6 is 11.8 Å². The highest BCUT2D eigenvalue weighted by atomic mass is 32.2. The van der Waals surface area contributed by atoms with E-state index >= 15 is 0 Å². The predicted octanol–water partition coefficient (Wildman–Crippen LogP) is 6.45. The number of carbonyl (C=O) groups is 3. The summed E-state index contributed by atoms with van der Waals surface area (Å²) in [7, 11) is 0. The number of nitrogens with one attached hydrogen (secondary N) is 4. The zero-order valence-corrected chi connectivity index (χ0v) is 31.3. The number of amides is 3. The number of fused-ring (bicyclic) bond motifs is 1. The summed E-state index contributed by atoms with van der Waals surface area (Å²) in [6.07, 6.45) is 21.9. The third kappa shape index (κ3) is 13.6. The Balaban J connectivity index is 0.962. The average Bonchev–Trinajstić information content (AvgIpc) is 3.76. The van der Waals surface area contributed by atoms with E-state index < -0.39 is 0 Å². The first-order valence-electron chi connectivity index (χ1n) is 19.6. The van der Waals surface area contributed by atoms with Crippen LogP contribution in [0.5, 0.6) is 0 Å². The van der Waals surface area contributed by atoms with E-state index in [0.717, 1.165) is 76.6 Å². The molecule has 1 saturated carbocycles. The Kier molecular flexibility index (Phi) is 17.1. The minimum absolute atomic E-state index is 0.0457. The predicted molar refractivity (Wildman–Crippen MR) is 195 cm³/mol. The topological polar surface area (TPSA) is 115 Å². The van der Waals surface area contributed by atoms with Crippen LogP contribution in [0.15, 0.2) is 0 Å². The zero-order chi connectivity index (χ0) is 34.2. The second kappa shape index (κ2) is 21.0. The summed E-state index contributed by atoms with van der Waals surface area (Å²) in [6, 6.07) is 1.59. The Labute approximate surface area is 295 Å². The lowest BCUT2D eigenvalue weighted by molar-refractivity contribution is -0.143. The molecule has 3 amide bonds. The highest BCUT2D eigenvalue weighted by Gasteiger charge is 2.43. The molecule has 4 aliphatic rings. The van der Waals surface area contributed by atoms with Gasteiger partial charge in [0.05, 0.1) is 18.7 Å². The second-order valence-corrected chi connectivity index (χ2v) is 17.1. The normalized spacial score (nSPS) is 26.2. The molecule has 4 fully saturated rings. The molecule has 0 aromatic rings. The van der Waals surface area contributed by atoms with E-state index in [2.05, 4.69) is 52.3 Å². The number of thioether (sulfide) groups is 1. The molecular weight excluding hydrogens is 625 g/mol. The van der Waals surface area contributed by atoms with E-state index in [1.807, 2.05) is 11.8 Å². The van der Waals surface area contributed by atoms with Crippen LogP contribution < -0.4 is 21.5 Å². The van der Waals surface area contributed by atoms with Crippen LogP contribution in [0, 0.1) is 5.41 Å². The first kappa shape index (κ1) is 39.2. The lowest BCUT2D eigenvalue weighted by Gasteiger charge is -2.38. The number of rotatable bonds is 18. The smallest absolute Gasteiger partial charge is 0.315 e. The first-order valence-corrected chi connectivity index (χ1v) is 20.7. The van der Waals surface area contributed by atoms with Crippen LogP contribution in [0.25, 0.3) is 0 Å². The van der Waals surface area contributed by atoms with Gasteiger partial charge in [-0.15, -0.1) is 0 Å². The Bertz CT molecular complexity index is 970. The summed E-state index contributed by atoms with van der Waals surface area (Å²) in [4.78, 5) is 35.9. The van der Waals surface area contributed by atoms with Crippen LogP contribution in [0.3, 0.4) is 0 Å². The van der Waals surface area contributed by atoms with Gasteiger partial charge in [0.15, 0.2) is 0 Å². The van der Waals surface area contributed by atoms with E-state index in [4.69, 9.17) is 4.74 Å². The van der Waals surface area contributed by atoms with Crippen molar-refractivity contribution in [2.75, 3.05) is 32.0 Å². The monoisotopic (exact) mass is 693 g/mol. The summed E-state index contributed by atoms with van der Waals surface area (Å²) in [5, 5.41) is 14.5. The Hall–Kier alpha value is -1.56. The van der Waals surface area contributed by atoms with Crippen molar-refractivity contribution in [1.82, 2.24) is 31.5 Å². The molecular formula is C37H68N6O4S. The number of esters is 1. The fourth-order valence-electron chi connectivity index (χ4n) is 7.81. The number of urea groups is 1. The van der Waals surface area contributed by atoms with Crippen molar-refractivity contribution >= 4 is 29.7 Å². The molecule has 4 atom stereocenters. The number of hydrazine groups is 2. The zero-order valence-electron chi connectivity index (χ0n) is 30.5. The van der Waals surface area contributed by atoms with Crippen LogP contribution in [0.1, 0.15) is 149 Å². The quantitative estimate of drug-likeness (QED) is 0.0737. The van der Waals surface area contributed by atoms with Crippen molar-refractivity contribution in [2.24, 2.45) is 5.41 Å². The van der Waals surface area contributed by atoms with Gasteiger partial charge in [0.2, 0.25) is 5.91 Å². The largest absolute Gasteiger partial charge is 0.466 e. The van der Waals surface area contributed by atoms with Gasteiger partial charge in [-0.1, -0.05) is 78.6 Å². The number of hydrogen-bond acceptors (Lipinski definition) is 8. The molecule has 0 aromatic carbocycles. The van der Waals surface area contributed by atoms with Crippen LogP contribution in [0.2, 0.25) is 0 Å². The summed E-state index contributed by atoms with van der Waals surface area (Å²) >= 11 is 1.92. The van der Waals surface area contributed by atoms with Gasteiger partial charge < -0.3 is 20.7 Å². The van der Waals surface area contributed by atoms with Crippen molar-refractivity contribution in [2.45, 2.75) is 179 Å². The molecule has 3 heterocycles. The Morgan fingerprint density at radius 3 is 2.33 bits per heavy atom. The lowest BCUT2D eigenvalue weighted by Crippen LogP contribution is -2.51. The number of carbonyl (C=O) groups excluding carboxylic acids is 3. The number of nitrogens with zero attached hydrogens (tertiary/aromatic N) is 2. The van der Waals surface area contributed by atoms with Crippen LogP contribution in [0.4, 0.5) is 4.79 Å². The minimum atomic E-state index is -0.0873. The molecule has 11 heteroatoms. The number of hydrogen-bond donors (Lipinski definition) is 4. The molecule has 1 aliphatic carbocycles. The Morgan fingerprint density at radius 1 is 0.875 bits per heavy atom. The van der Waals surface area contributed by atoms with Gasteiger partial charge >= 0.3 is 12.0 Å². The van der Waals surface area contributed by atoms with E-state index in [-0.39, 0.29) is 35.4 Å². The molecule has 0 radical (unpaired) electrons. The maximum absolute atomic E-state index is 12.3. The molecule has 276 valence electrons. The minimum Gasteiger partial charge on any atom is -0.466 e. The highest BCUT2D eigenvalue weighted by Crippen LogP contribution is 2.34. The molecule has 48 heavy (non-hydrogen) atoms. The number of ether oxygens (including phenoxy) is 1. The fraction of sp³-hybridized carbons (Fsp3) is 0.919. The fourth-order valence-corrected chi connectivity index (χ4v) is 9.35. The van der Waals surface area contributed by atoms with Gasteiger partial charge in [-0.2, -0.15) is 17.3 Å². The summed E-state index contributed by atoms with van der Waals surface area (Å²) in [5.74, 6) is 1.00. The van der Waals surface area contributed by atoms with Crippen LogP contribution in [-0.4, -0.2) is 89.3 Å². The van der Waals surface area contributed by atoms with Gasteiger partial charge in [0.25, 0.3) is 0 Å². The third-order valence-electron chi connectivity index (χ3n) is 10.7. The molecule has 0 bridgehead atoms. The van der Waals surface area contributed by atoms with Gasteiger partial charge in [-0.05, 0) is 63.2 Å². The average molecular weight is 693 g/mol. The molecule has 10 nitrogen and oxygen atoms in total. The van der Waals surface area contributed by atoms with E-state index in [1.54, 1.807) is 0 Å². The van der Waals surface area contributed by atoms with E-state index in [1.165, 1.54) is 57.8 Å². The van der Waals surface area contributed by atoms with Gasteiger partial charge in [-0.3, -0.25) is 9.59 Å². The first-order chi connectivity index (χ1) is 23.2. The van der Waals surface area contributed by atoms with Crippen molar-refractivity contribution in [3.8, 4) is 0 Å². The lowest BCUT2D eigenvalue weighted by atomic mass is 9.85.